The molecule has 6 rings (SSSR count). The Labute approximate surface area is 201 Å². The molecule has 1 N–H and O–H groups in total. The van der Waals surface area contributed by atoms with Gasteiger partial charge in [-0.3, -0.25) is 4.79 Å². The Morgan fingerprint density at radius 1 is 1.11 bits per heavy atom. The number of aromatic amines is 1. The third kappa shape index (κ3) is 3.90. The number of carbonyl (C=O) groups excluding carboxylic acids is 1. The number of carbonyl (C=O) groups is 1. The fourth-order valence-electron chi connectivity index (χ4n) is 4.50. The van der Waals surface area contributed by atoms with Crippen LogP contribution in [0.4, 0.5) is 5.69 Å². The van der Waals surface area contributed by atoms with E-state index in [1.165, 1.54) is 0 Å². The summed E-state index contributed by atoms with van der Waals surface area (Å²) in [5.74, 6) is 1.84. The topological polar surface area (TPSA) is 97.1 Å². The first-order valence-corrected chi connectivity index (χ1v) is 11.7. The average Bonchev–Trinajstić information content (AvgIpc) is 3.56. The summed E-state index contributed by atoms with van der Waals surface area (Å²) in [6, 6.07) is 15.5. The molecule has 1 saturated carbocycles. The number of nitrogens with one attached hydrogen (secondary N) is 1. The number of H-pyrrole nitrogens is 1. The number of aryl methyl sites for hydroxylation is 2. The molecular weight excluding hydrogens is 442 g/mol. The quantitative estimate of drug-likeness (QED) is 0.357. The van der Waals surface area contributed by atoms with E-state index in [9.17, 15) is 4.79 Å². The van der Waals surface area contributed by atoms with Crippen LogP contribution in [0, 0.1) is 13.8 Å². The van der Waals surface area contributed by atoms with Crippen LogP contribution in [0.3, 0.4) is 0 Å². The smallest absolute Gasteiger partial charge is 0.259 e. The van der Waals surface area contributed by atoms with Crippen molar-refractivity contribution in [2.45, 2.75) is 39.2 Å². The third-order valence-corrected chi connectivity index (χ3v) is 6.50. The number of anilines is 1. The maximum Gasteiger partial charge on any atom is 0.259 e. The Balaban J connectivity index is 1.48. The Kier molecular flexibility index (Phi) is 5.02. The predicted molar refractivity (Wildman–Crippen MR) is 133 cm³/mol. The number of aromatic nitrogens is 4. The molecule has 0 aliphatic heterocycles. The van der Waals surface area contributed by atoms with Gasteiger partial charge >= 0.3 is 0 Å². The number of methoxy groups -OCH3 is 1. The van der Waals surface area contributed by atoms with Crippen molar-refractivity contribution in [3.8, 4) is 5.75 Å². The average molecular weight is 468 g/mol. The molecular formula is C27H25N5O3. The van der Waals surface area contributed by atoms with Gasteiger partial charge in [-0.05, 0) is 68.7 Å². The van der Waals surface area contributed by atoms with Crippen molar-refractivity contribution in [2.24, 2.45) is 0 Å². The molecule has 1 amide bonds. The summed E-state index contributed by atoms with van der Waals surface area (Å²) >= 11 is 0. The van der Waals surface area contributed by atoms with Gasteiger partial charge in [0.1, 0.15) is 11.6 Å². The first-order chi connectivity index (χ1) is 17.0. The highest BCUT2D eigenvalue weighted by Crippen LogP contribution is 2.41. The van der Waals surface area contributed by atoms with E-state index in [0.717, 1.165) is 52.4 Å². The first kappa shape index (κ1) is 21.3. The van der Waals surface area contributed by atoms with Crippen molar-refractivity contribution in [1.29, 1.82) is 0 Å². The lowest BCUT2D eigenvalue weighted by Crippen LogP contribution is -2.31. The molecule has 0 saturated heterocycles. The third-order valence-electron chi connectivity index (χ3n) is 6.50. The Morgan fingerprint density at radius 3 is 2.66 bits per heavy atom. The van der Waals surface area contributed by atoms with Crippen molar-refractivity contribution in [1.82, 2.24) is 20.1 Å². The van der Waals surface area contributed by atoms with E-state index < -0.39 is 0 Å². The largest absolute Gasteiger partial charge is 0.497 e. The number of nitrogens with zero attached hydrogens (tertiary/aromatic N) is 4. The second kappa shape index (κ2) is 8.23. The molecule has 8 nitrogen and oxygen atoms in total. The monoisotopic (exact) mass is 467 g/mol. The number of pyridine rings is 1. The number of fused-ring (bicyclic) bond motifs is 2. The fraction of sp³-hybridized carbons (Fsp3) is 0.259. The Hall–Kier alpha value is -4.20. The number of rotatable bonds is 6. The summed E-state index contributed by atoms with van der Waals surface area (Å²) in [7, 11) is 1.64. The second-order valence-electron chi connectivity index (χ2n) is 9.08. The highest BCUT2D eigenvalue weighted by Gasteiger charge is 2.30. The Bertz CT molecular complexity index is 1560. The van der Waals surface area contributed by atoms with E-state index in [-0.39, 0.29) is 5.91 Å². The van der Waals surface area contributed by atoms with Gasteiger partial charge in [-0.2, -0.15) is 0 Å². The van der Waals surface area contributed by atoms with Crippen LogP contribution in [-0.2, 0) is 6.54 Å². The standard InChI is InChI=1S/C27H25N5O3/c1-15-25-21(13-23(18-6-7-18)30-26(25)35-31-15)27(33)32(14-17-4-9-20(34-3)10-5-17)19-8-11-22-24(12-19)29-16(2)28-22/h4-5,8-13,18H,6-7,14H2,1-3H3,(H,28,29). The minimum absolute atomic E-state index is 0.128. The highest BCUT2D eigenvalue weighted by atomic mass is 16.5. The fourth-order valence-corrected chi connectivity index (χ4v) is 4.50. The number of ether oxygens (including phenoxy) is 1. The van der Waals surface area contributed by atoms with Gasteiger partial charge in [-0.15, -0.1) is 0 Å². The minimum Gasteiger partial charge on any atom is -0.497 e. The van der Waals surface area contributed by atoms with Crippen LogP contribution in [0.25, 0.3) is 22.1 Å². The Morgan fingerprint density at radius 2 is 1.91 bits per heavy atom. The van der Waals surface area contributed by atoms with Gasteiger partial charge in [0.25, 0.3) is 11.6 Å². The summed E-state index contributed by atoms with van der Waals surface area (Å²) in [4.78, 5) is 28.5. The normalized spacial score (nSPS) is 13.5. The van der Waals surface area contributed by atoms with Gasteiger partial charge in [-0.25, -0.2) is 9.97 Å². The molecule has 8 heteroatoms. The van der Waals surface area contributed by atoms with Gasteiger partial charge in [0.15, 0.2) is 0 Å². The summed E-state index contributed by atoms with van der Waals surface area (Å²) in [6.07, 6.45) is 2.15. The second-order valence-corrected chi connectivity index (χ2v) is 9.08. The summed E-state index contributed by atoms with van der Waals surface area (Å²) in [6.45, 7) is 4.14. The van der Waals surface area contributed by atoms with Crippen molar-refractivity contribution < 1.29 is 14.1 Å². The molecule has 3 heterocycles. The van der Waals surface area contributed by atoms with Gasteiger partial charge < -0.3 is 19.1 Å². The zero-order valence-corrected chi connectivity index (χ0v) is 19.8. The van der Waals surface area contributed by atoms with E-state index in [1.807, 2.05) is 62.4 Å². The summed E-state index contributed by atoms with van der Waals surface area (Å²) in [5.41, 5.74) is 6.02. The molecule has 0 bridgehead atoms. The van der Waals surface area contributed by atoms with Crippen LogP contribution in [0.1, 0.15) is 51.9 Å². The van der Waals surface area contributed by atoms with E-state index in [4.69, 9.17) is 9.26 Å². The van der Waals surface area contributed by atoms with Crippen molar-refractivity contribution >= 4 is 33.7 Å². The number of hydrogen-bond donors (Lipinski definition) is 1. The van der Waals surface area contributed by atoms with Crippen molar-refractivity contribution in [3.05, 3.63) is 76.9 Å². The van der Waals surface area contributed by atoms with E-state index in [1.54, 1.807) is 12.0 Å². The zero-order valence-electron chi connectivity index (χ0n) is 19.8. The maximum atomic E-state index is 14.3. The molecule has 0 atom stereocenters. The van der Waals surface area contributed by atoms with E-state index in [2.05, 4.69) is 20.1 Å². The molecule has 0 unspecified atom stereocenters. The van der Waals surface area contributed by atoms with Gasteiger partial charge in [-0.1, -0.05) is 17.3 Å². The number of hydrogen-bond acceptors (Lipinski definition) is 6. The molecule has 176 valence electrons. The highest BCUT2D eigenvalue weighted by molar-refractivity contribution is 6.14. The summed E-state index contributed by atoms with van der Waals surface area (Å²) in [5, 5.41) is 4.77. The van der Waals surface area contributed by atoms with Crippen LogP contribution >= 0.6 is 0 Å². The van der Waals surface area contributed by atoms with Crippen LogP contribution < -0.4 is 9.64 Å². The van der Waals surface area contributed by atoms with E-state index in [0.29, 0.717) is 34.8 Å². The number of imidazole rings is 1. The minimum atomic E-state index is -0.128. The van der Waals surface area contributed by atoms with Gasteiger partial charge in [0, 0.05) is 17.3 Å². The molecule has 2 aromatic carbocycles. The number of benzene rings is 2. The van der Waals surface area contributed by atoms with Crippen molar-refractivity contribution in [2.75, 3.05) is 12.0 Å². The molecule has 0 radical (unpaired) electrons. The number of amides is 1. The molecule has 35 heavy (non-hydrogen) atoms. The van der Waals surface area contributed by atoms with Crippen LogP contribution in [-0.4, -0.2) is 33.1 Å². The molecule has 0 spiro atoms. The van der Waals surface area contributed by atoms with Crippen LogP contribution in [0.5, 0.6) is 5.75 Å². The summed E-state index contributed by atoms with van der Waals surface area (Å²) < 4.78 is 10.8. The van der Waals surface area contributed by atoms with E-state index >= 15 is 0 Å². The maximum absolute atomic E-state index is 14.3. The molecule has 1 fully saturated rings. The van der Waals surface area contributed by atoms with Crippen molar-refractivity contribution in [3.63, 3.8) is 0 Å². The SMILES string of the molecule is COc1ccc(CN(C(=O)c2cc(C3CC3)nc3onc(C)c23)c2ccc3nc(C)[nH]c3c2)cc1. The predicted octanol–water partition coefficient (Wildman–Crippen LogP) is 5.45. The molecule has 5 aromatic rings. The lowest BCUT2D eigenvalue weighted by Gasteiger charge is -2.24. The van der Waals surface area contributed by atoms with Crippen LogP contribution in [0.2, 0.25) is 0 Å². The molecule has 3 aromatic heterocycles. The van der Waals surface area contributed by atoms with Gasteiger partial charge in [0.05, 0.1) is 41.3 Å². The molecule has 1 aliphatic carbocycles. The van der Waals surface area contributed by atoms with Crippen LogP contribution in [0.15, 0.2) is 53.1 Å². The lowest BCUT2D eigenvalue weighted by atomic mass is 10.1. The zero-order chi connectivity index (χ0) is 24.1. The lowest BCUT2D eigenvalue weighted by molar-refractivity contribution is 0.0986. The van der Waals surface area contributed by atoms with Gasteiger partial charge in [0.2, 0.25) is 0 Å². The molecule has 1 aliphatic rings. The first-order valence-electron chi connectivity index (χ1n) is 11.7.